The van der Waals surface area contributed by atoms with Crippen molar-refractivity contribution in [3.63, 3.8) is 0 Å². The number of hydrogen-bond donors (Lipinski definition) is 2. The minimum absolute atomic E-state index is 0. The lowest BCUT2D eigenvalue weighted by Crippen LogP contribution is -2.36. The first-order valence-corrected chi connectivity index (χ1v) is 9.13. The van der Waals surface area contributed by atoms with Gasteiger partial charge in [0, 0.05) is 25.9 Å². The third kappa shape index (κ3) is 7.04. The van der Waals surface area contributed by atoms with Crippen molar-refractivity contribution < 1.29 is 9.15 Å². The van der Waals surface area contributed by atoms with Gasteiger partial charge in [-0.2, -0.15) is 0 Å². The Labute approximate surface area is 188 Å². The lowest BCUT2D eigenvalue weighted by atomic mass is 10.2. The molecule has 0 saturated carbocycles. The molecule has 0 bridgehead atoms. The van der Waals surface area contributed by atoms with Gasteiger partial charge in [-0.15, -0.1) is 24.0 Å². The van der Waals surface area contributed by atoms with E-state index in [4.69, 9.17) is 9.15 Å². The Kier molecular flexibility index (Phi) is 8.91. The maximum atomic E-state index is 5.78. The van der Waals surface area contributed by atoms with E-state index in [0.717, 1.165) is 22.6 Å². The predicted octanol–water partition coefficient (Wildman–Crippen LogP) is 3.75. The molecule has 2 heterocycles. The molecule has 154 valence electrons. The molecule has 0 spiro atoms. The molecule has 7 nitrogen and oxygen atoms in total. The van der Waals surface area contributed by atoms with E-state index >= 15 is 0 Å². The Hall–Kier alpha value is -2.62. The van der Waals surface area contributed by atoms with E-state index in [2.05, 4.69) is 25.6 Å². The summed E-state index contributed by atoms with van der Waals surface area (Å²) >= 11 is 0. The van der Waals surface area contributed by atoms with Crippen molar-refractivity contribution in [1.29, 1.82) is 0 Å². The highest BCUT2D eigenvalue weighted by atomic mass is 127. The zero-order chi connectivity index (χ0) is 19.8. The monoisotopic (exact) mass is 507 g/mol. The fourth-order valence-electron chi connectivity index (χ4n) is 2.55. The summed E-state index contributed by atoms with van der Waals surface area (Å²) in [6.45, 7) is 5.38. The van der Waals surface area contributed by atoms with E-state index < -0.39 is 0 Å². The molecule has 0 fully saturated rings. The highest BCUT2D eigenvalue weighted by molar-refractivity contribution is 14.0. The molecule has 0 atom stereocenters. The van der Waals surface area contributed by atoms with E-state index in [9.17, 15) is 0 Å². The molecule has 1 aromatic carbocycles. The average molecular weight is 507 g/mol. The van der Waals surface area contributed by atoms with Gasteiger partial charge in [-0.05, 0) is 31.0 Å². The normalized spacial score (nSPS) is 10.9. The summed E-state index contributed by atoms with van der Waals surface area (Å²) in [5, 5.41) is 6.46. The fourth-order valence-corrected chi connectivity index (χ4v) is 2.55. The number of rotatable bonds is 7. The standard InChI is InChI=1S/C21H25N5O2.HI/c1-15-16(2)28-20(26-15)13-25-21(22-3)24-12-18-9-10-23-19(11-18)27-14-17-7-5-4-6-8-17;/h4-11H,12-14H2,1-3H3,(H2,22,24,25);1H. The van der Waals surface area contributed by atoms with Crippen LogP contribution < -0.4 is 15.4 Å². The average Bonchev–Trinajstić information content (AvgIpc) is 3.05. The van der Waals surface area contributed by atoms with Crippen LogP contribution in [0.3, 0.4) is 0 Å². The molecular weight excluding hydrogens is 481 g/mol. The van der Waals surface area contributed by atoms with Crippen molar-refractivity contribution >= 4 is 29.9 Å². The van der Waals surface area contributed by atoms with Crippen LogP contribution in [0.25, 0.3) is 0 Å². The lowest BCUT2D eigenvalue weighted by molar-refractivity contribution is 0.293. The Bertz CT molecular complexity index is 908. The van der Waals surface area contributed by atoms with Gasteiger partial charge in [-0.25, -0.2) is 9.97 Å². The molecule has 2 N–H and O–H groups in total. The number of pyridine rings is 1. The summed E-state index contributed by atoms with van der Waals surface area (Å²) in [4.78, 5) is 12.9. The Morgan fingerprint density at radius 1 is 1.07 bits per heavy atom. The number of halogens is 1. The van der Waals surface area contributed by atoms with Crippen molar-refractivity contribution in [3.8, 4) is 5.88 Å². The number of guanidine groups is 1. The van der Waals surface area contributed by atoms with E-state index in [1.807, 2.05) is 56.3 Å². The first-order chi connectivity index (χ1) is 13.6. The number of aliphatic imine (C=N–C) groups is 1. The van der Waals surface area contributed by atoms with Crippen LogP contribution in [0, 0.1) is 13.8 Å². The molecule has 3 rings (SSSR count). The molecule has 29 heavy (non-hydrogen) atoms. The third-order valence-electron chi connectivity index (χ3n) is 4.19. The van der Waals surface area contributed by atoms with Crippen LogP contribution in [0.1, 0.15) is 28.5 Å². The molecule has 0 aliphatic rings. The van der Waals surface area contributed by atoms with E-state index in [0.29, 0.717) is 37.4 Å². The molecule has 3 aromatic rings. The summed E-state index contributed by atoms with van der Waals surface area (Å²) in [5.41, 5.74) is 3.05. The predicted molar refractivity (Wildman–Crippen MR) is 123 cm³/mol. The Morgan fingerprint density at radius 2 is 1.83 bits per heavy atom. The van der Waals surface area contributed by atoms with Crippen LogP contribution in [-0.2, 0) is 19.7 Å². The van der Waals surface area contributed by atoms with Gasteiger partial charge in [0.1, 0.15) is 12.4 Å². The zero-order valence-electron chi connectivity index (χ0n) is 16.8. The number of nitrogens with one attached hydrogen (secondary N) is 2. The first kappa shape index (κ1) is 22.7. The largest absolute Gasteiger partial charge is 0.473 e. The molecular formula is C21H26IN5O2. The van der Waals surface area contributed by atoms with Gasteiger partial charge >= 0.3 is 0 Å². The Balaban J connectivity index is 0.00000300. The number of oxazole rings is 1. The van der Waals surface area contributed by atoms with Gasteiger partial charge < -0.3 is 19.8 Å². The molecule has 0 unspecified atom stereocenters. The number of aromatic nitrogens is 2. The third-order valence-corrected chi connectivity index (χ3v) is 4.19. The highest BCUT2D eigenvalue weighted by Crippen LogP contribution is 2.12. The van der Waals surface area contributed by atoms with Crippen LogP contribution in [0.15, 0.2) is 58.1 Å². The van der Waals surface area contributed by atoms with Gasteiger partial charge in [-0.3, -0.25) is 4.99 Å². The molecule has 0 radical (unpaired) electrons. The van der Waals surface area contributed by atoms with Gasteiger partial charge in [0.25, 0.3) is 0 Å². The Morgan fingerprint density at radius 3 is 2.52 bits per heavy atom. The van der Waals surface area contributed by atoms with Crippen molar-refractivity contribution in [2.45, 2.75) is 33.5 Å². The van der Waals surface area contributed by atoms with E-state index in [1.54, 1.807) is 13.2 Å². The van der Waals surface area contributed by atoms with E-state index in [-0.39, 0.29) is 24.0 Å². The van der Waals surface area contributed by atoms with Gasteiger partial charge in [-0.1, -0.05) is 30.3 Å². The summed E-state index contributed by atoms with van der Waals surface area (Å²) in [6.07, 6.45) is 1.74. The molecule has 2 aromatic heterocycles. The van der Waals surface area contributed by atoms with Crippen LogP contribution in [0.5, 0.6) is 5.88 Å². The number of aryl methyl sites for hydroxylation is 2. The van der Waals surface area contributed by atoms with E-state index in [1.165, 1.54) is 0 Å². The highest BCUT2D eigenvalue weighted by Gasteiger charge is 2.07. The zero-order valence-corrected chi connectivity index (χ0v) is 19.1. The molecule has 0 amide bonds. The van der Waals surface area contributed by atoms with Gasteiger partial charge in [0.15, 0.2) is 5.96 Å². The minimum atomic E-state index is 0. The summed E-state index contributed by atoms with van der Waals surface area (Å²) in [7, 11) is 1.72. The van der Waals surface area contributed by atoms with Crippen molar-refractivity contribution in [3.05, 3.63) is 77.1 Å². The van der Waals surface area contributed by atoms with Crippen molar-refractivity contribution in [2.75, 3.05) is 7.05 Å². The van der Waals surface area contributed by atoms with Crippen LogP contribution in [0.4, 0.5) is 0 Å². The molecule has 0 aliphatic carbocycles. The number of ether oxygens (including phenoxy) is 1. The quantitative estimate of drug-likeness (QED) is 0.288. The smallest absolute Gasteiger partial charge is 0.214 e. The second-order valence-corrected chi connectivity index (χ2v) is 6.31. The topological polar surface area (TPSA) is 84.6 Å². The molecule has 8 heteroatoms. The first-order valence-electron chi connectivity index (χ1n) is 9.13. The number of hydrogen-bond acceptors (Lipinski definition) is 5. The molecule has 0 aliphatic heterocycles. The van der Waals surface area contributed by atoms with Crippen molar-refractivity contribution in [1.82, 2.24) is 20.6 Å². The fraction of sp³-hybridized carbons (Fsp3) is 0.286. The van der Waals surface area contributed by atoms with Crippen molar-refractivity contribution in [2.24, 2.45) is 4.99 Å². The number of nitrogens with zero attached hydrogens (tertiary/aromatic N) is 3. The summed E-state index contributed by atoms with van der Waals surface area (Å²) in [5.74, 6) is 2.73. The van der Waals surface area contributed by atoms with Gasteiger partial charge in [0.2, 0.25) is 11.8 Å². The summed E-state index contributed by atoms with van der Waals surface area (Å²) < 4.78 is 11.3. The minimum Gasteiger partial charge on any atom is -0.473 e. The lowest BCUT2D eigenvalue weighted by Gasteiger charge is -2.11. The van der Waals surface area contributed by atoms with Crippen LogP contribution in [-0.4, -0.2) is 23.0 Å². The van der Waals surface area contributed by atoms with Gasteiger partial charge in [0.05, 0.1) is 12.2 Å². The second-order valence-electron chi connectivity index (χ2n) is 6.31. The molecule has 0 saturated heterocycles. The summed E-state index contributed by atoms with van der Waals surface area (Å²) in [6, 6.07) is 13.9. The van der Waals surface area contributed by atoms with Crippen LogP contribution in [0.2, 0.25) is 0 Å². The SMILES string of the molecule is CN=C(NCc1ccnc(OCc2ccccc2)c1)NCc1nc(C)c(C)o1.I. The maximum absolute atomic E-state index is 5.78. The van der Waals surface area contributed by atoms with Crippen LogP contribution >= 0.6 is 24.0 Å². The number of benzene rings is 1. The maximum Gasteiger partial charge on any atom is 0.214 e. The second kappa shape index (κ2) is 11.4.